The molecule has 0 aliphatic carbocycles. The molecule has 1 aromatic heterocycles. The predicted molar refractivity (Wildman–Crippen MR) is 95.1 cm³/mol. The van der Waals surface area contributed by atoms with Gasteiger partial charge in [0, 0.05) is 9.75 Å². The molecule has 128 valence electrons. The van der Waals surface area contributed by atoms with E-state index in [-0.39, 0.29) is 17.8 Å². The zero-order valence-electron chi connectivity index (χ0n) is 13.8. The molecule has 2 aromatic rings. The Bertz CT molecular complexity index is 887. The SMILES string of the molecule is Cc1cc(C(C)NC(=O)NC2CS(=O)(=O)c3ccccc32)c(C)s1. The van der Waals surface area contributed by atoms with Crippen LogP contribution in [0.4, 0.5) is 4.79 Å². The molecule has 7 heteroatoms. The lowest BCUT2D eigenvalue weighted by Crippen LogP contribution is -2.39. The lowest BCUT2D eigenvalue weighted by molar-refractivity contribution is 0.235. The summed E-state index contributed by atoms with van der Waals surface area (Å²) in [7, 11) is -3.33. The molecule has 0 bridgehead atoms. The first-order valence-electron chi connectivity index (χ1n) is 7.73. The Morgan fingerprint density at radius 3 is 2.67 bits per heavy atom. The molecule has 2 atom stereocenters. The molecule has 2 unspecified atom stereocenters. The number of carbonyl (C=O) groups is 1. The third-order valence-corrected chi connectivity index (χ3v) is 7.01. The van der Waals surface area contributed by atoms with E-state index < -0.39 is 15.9 Å². The Kier molecular flexibility index (Phi) is 4.40. The Morgan fingerprint density at radius 2 is 2.00 bits per heavy atom. The summed E-state index contributed by atoms with van der Waals surface area (Å²) in [4.78, 5) is 15.0. The van der Waals surface area contributed by atoms with Crippen LogP contribution in [0.1, 0.15) is 39.9 Å². The Balaban J connectivity index is 1.71. The highest BCUT2D eigenvalue weighted by Gasteiger charge is 2.35. The topological polar surface area (TPSA) is 75.3 Å². The summed E-state index contributed by atoms with van der Waals surface area (Å²) < 4.78 is 24.3. The Hall–Kier alpha value is -1.86. The maximum Gasteiger partial charge on any atom is 0.315 e. The van der Waals surface area contributed by atoms with E-state index in [4.69, 9.17) is 0 Å². The van der Waals surface area contributed by atoms with Gasteiger partial charge in [0.05, 0.1) is 22.7 Å². The van der Waals surface area contributed by atoms with Crippen LogP contribution in [-0.2, 0) is 9.84 Å². The molecule has 0 saturated carbocycles. The van der Waals surface area contributed by atoms with Gasteiger partial charge in [-0.2, -0.15) is 0 Å². The number of hydrogen-bond acceptors (Lipinski definition) is 4. The molecule has 0 spiro atoms. The summed E-state index contributed by atoms with van der Waals surface area (Å²) in [6.07, 6.45) is 0. The van der Waals surface area contributed by atoms with E-state index in [1.165, 1.54) is 9.75 Å². The first-order valence-corrected chi connectivity index (χ1v) is 10.2. The number of aryl methyl sites for hydroxylation is 2. The lowest BCUT2D eigenvalue weighted by atomic mass is 10.1. The number of thiophene rings is 1. The van der Waals surface area contributed by atoms with Crippen molar-refractivity contribution < 1.29 is 13.2 Å². The van der Waals surface area contributed by atoms with Gasteiger partial charge >= 0.3 is 6.03 Å². The van der Waals surface area contributed by atoms with E-state index in [1.807, 2.05) is 20.8 Å². The van der Waals surface area contributed by atoms with Gasteiger partial charge in [-0.1, -0.05) is 18.2 Å². The molecule has 0 radical (unpaired) electrons. The molecule has 24 heavy (non-hydrogen) atoms. The second-order valence-corrected chi connectivity index (χ2v) is 9.54. The number of amides is 2. The van der Waals surface area contributed by atoms with Crippen LogP contribution < -0.4 is 10.6 Å². The minimum absolute atomic E-state index is 0.0925. The van der Waals surface area contributed by atoms with Crippen molar-refractivity contribution in [3.05, 3.63) is 51.2 Å². The smallest absolute Gasteiger partial charge is 0.315 e. The highest BCUT2D eigenvalue weighted by atomic mass is 32.2. The van der Waals surface area contributed by atoms with Crippen molar-refractivity contribution in [2.75, 3.05) is 5.75 Å². The van der Waals surface area contributed by atoms with Crippen LogP contribution in [0, 0.1) is 13.8 Å². The molecule has 1 aliphatic heterocycles. The average molecular weight is 364 g/mol. The number of nitrogens with one attached hydrogen (secondary N) is 2. The van der Waals surface area contributed by atoms with Gasteiger partial charge in [0.15, 0.2) is 9.84 Å². The van der Waals surface area contributed by atoms with Crippen LogP contribution in [0.2, 0.25) is 0 Å². The zero-order chi connectivity index (χ0) is 17.5. The summed E-state index contributed by atoms with van der Waals surface area (Å²) in [5.74, 6) is -0.0925. The Morgan fingerprint density at radius 1 is 1.29 bits per heavy atom. The maximum absolute atomic E-state index is 12.3. The standard InChI is InChI=1S/C17H20N2O3S2/c1-10-8-14(12(3)23-10)11(2)18-17(20)19-15-9-24(21,22)16-7-5-4-6-13(15)16/h4-8,11,15H,9H2,1-3H3,(H2,18,19,20). The van der Waals surface area contributed by atoms with Crippen molar-refractivity contribution in [2.24, 2.45) is 0 Å². The third-order valence-electron chi connectivity index (χ3n) is 4.21. The first-order chi connectivity index (χ1) is 11.3. The number of urea groups is 1. The molecule has 1 aromatic carbocycles. The third kappa shape index (κ3) is 3.18. The number of carbonyl (C=O) groups excluding carboxylic acids is 1. The number of hydrogen-bond donors (Lipinski definition) is 2. The molecule has 2 N–H and O–H groups in total. The zero-order valence-corrected chi connectivity index (χ0v) is 15.4. The van der Waals surface area contributed by atoms with Gasteiger partial charge in [-0.3, -0.25) is 0 Å². The summed E-state index contributed by atoms with van der Waals surface area (Å²) in [5, 5.41) is 5.69. The van der Waals surface area contributed by atoms with Gasteiger partial charge in [0.1, 0.15) is 0 Å². The van der Waals surface area contributed by atoms with Gasteiger partial charge in [-0.25, -0.2) is 13.2 Å². The van der Waals surface area contributed by atoms with E-state index in [2.05, 4.69) is 16.7 Å². The summed E-state index contributed by atoms with van der Waals surface area (Å²) in [5.41, 5.74) is 1.75. The summed E-state index contributed by atoms with van der Waals surface area (Å²) in [6, 6.07) is 7.88. The van der Waals surface area contributed by atoms with Gasteiger partial charge in [0.2, 0.25) is 0 Å². The van der Waals surface area contributed by atoms with E-state index in [9.17, 15) is 13.2 Å². The second-order valence-electron chi connectivity index (χ2n) is 6.08. The van der Waals surface area contributed by atoms with Gasteiger partial charge < -0.3 is 10.6 Å². The molecular formula is C17H20N2O3S2. The van der Waals surface area contributed by atoms with E-state index in [0.29, 0.717) is 10.5 Å². The minimum atomic E-state index is -3.33. The monoisotopic (exact) mass is 364 g/mol. The number of fused-ring (bicyclic) bond motifs is 1. The van der Waals surface area contributed by atoms with Crippen LogP contribution >= 0.6 is 11.3 Å². The van der Waals surface area contributed by atoms with E-state index in [1.54, 1.807) is 35.6 Å². The fourth-order valence-corrected chi connectivity index (χ4v) is 5.88. The fraction of sp³-hybridized carbons (Fsp3) is 0.353. The largest absolute Gasteiger partial charge is 0.332 e. The quantitative estimate of drug-likeness (QED) is 0.878. The van der Waals surface area contributed by atoms with Gasteiger partial charge in [-0.15, -0.1) is 11.3 Å². The maximum atomic E-state index is 12.3. The predicted octanol–water partition coefficient (Wildman–Crippen LogP) is 3.25. The highest BCUT2D eigenvalue weighted by molar-refractivity contribution is 7.91. The summed E-state index contributed by atoms with van der Waals surface area (Å²) in [6.45, 7) is 5.99. The van der Waals surface area contributed by atoms with Crippen LogP contribution in [0.3, 0.4) is 0 Å². The molecule has 5 nitrogen and oxygen atoms in total. The molecule has 2 heterocycles. The number of sulfone groups is 1. The first kappa shape index (κ1) is 17.0. The van der Waals surface area contributed by atoms with Crippen LogP contribution in [0.5, 0.6) is 0 Å². The van der Waals surface area contributed by atoms with Crippen LogP contribution in [-0.4, -0.2) is 20.2 Å². The molecule has 1 aliphatic rings. The lowest BCUT2D eigenvalue weighted by Gasteiger charge is -2.18. The van der Waals surface area contributed by atoms with Crippen molar-refractivity contribution in [1.29, 1.82) is 0 Å². The fourth-order valence-electron chi connectivity index (χ4n) is 3.12. The normalized spacial score (nSPS) is 19.5. The number of rotatable bonds is 3. The van der Waals surface area contributed by atoms with Crippen molar-refractivity contribution in [3.8, 4) is 0 Å². The molecule has 2 amide bonds. The second kappa shape index (κ2) is 6.22. The number of benzene rings is 1. The van der Waals surface area contributed by atoms with Crippen molar-refractivity contribution in [1.82, 2.24) is 10.6 Å². The molecule has 3 rings (SSSR count). The van der Waals surface area contributed by atoms with Crippen molar-refractivity contribution >= 4 is 27.2 Å². The van der Waals surface area contributed by atoms with Gasteiger partial charge in [-0.05, 0) is 44.0 Å². The van der Waals surface area contributed by atoms with Gasteiger partial charge in [0.25, 0.3) is 0 Å². The molecule has 0 fully saturated rings. The van der Waals surface area contributed by atoms with E-state index in [0.717, 1.165) is 5.56 Å². The van der Waals surface area contributed by atoms with Crippen LogP contribution in [0.15, 0.2) is 35.2 Å². The van der Waals surface area contributed by atoms with Crippen molar-refractivity contribution in [2.45, 2.75) is 37.8 Å². The molecular weight excluding hydrogens is 344 g/mol. The Labute approximate surface area is 146 Å². The van der Waals surface area contributed by atoms with E-state index >= 15 is 0 Å². The molecule has 0 saturated heterocycles. The van der Waals surface area contributed by atoms with Crippen molar-refractivity contribution in [3.63, 3.8) is 0 Å². The van der Waals surface area contributed by atoms with Crippen LogP contribution in [0.25, 0.3) is 0 Å². The highest BCUT2D eigenvalue weighted by Crippen LogP contribution is 2.33. The minimum Gasteiger partial charge on any atom is -0.332 e. The average Bonchev–Trinajstić information content (AvgIpc) is 2.96. The summed E-state index contributed by atoms with van der Waals surface area (Å²) >= 11 is 1.70.